The predicted molar refractivity (Wildman–Crippen MR) is 96.0 cm³/mol. The summed E-state index contributed by atoms with van der Waals surface area (Å²) >= 11 is 0. The molecule has 24 heavy (non-hydrogen) atoms. The summed E-state index contributed by atoms with van der Waals surface area (Å²) in [5, 5.41) is 0. The number of hydrogen-bond acceptors (Lipinski definition) is 3. The zero-order chi connectivity index (χ0) is 16.6. The van der Waals surface area contributed by atoms with E-state index in [1.54, 1.807) is 24.5 Å². The van der Waals surface area contributed by atoms with Crippen molar-refractivity contribution in [3.63, 3.8) is 0 Å². The highest BCUT2D eigenvalue weighted by Gasteiger charge is 2.21. The van der Waals surface area contributed by atoms with Gasteiger partial charge in [0.1, 0.15) is 0 Å². The predicted octanol–water partition coefficient (Wildman–Crippen LogP) is 2.86. The molecule has 2 aromatic rings. The smallest absolute Gasteiger partial charge is 0.254 e. The third-order valence-electron chi connectivity index (χ3n) is 4.62. The van der Waals surface area contributed by atoms with Crippen LogP contribution in [0.5, 0.6) is 0 Å². The molecule has 0 bridgehead atoms. The van der Waals surface area contributed by atoms with Gasteiger partial charge in [-0.25, -0.2) is 0 Å². The van der Waals surface area contributed by atoms with E-state index in [0.717, 1.165) is 44.7 Å². The van der Waals surface area contributed by atoms with E-state index in [1.807, 2.05) is 4.90 Å². The van der Waals surface area contributed by atoms with Crippen LogP contribution in [0, 0.1) is 0 Å². The highest BCUT2D eigenvalue weighted by molar-refractivity contribution is 5.94. The second kappa shape index (κ2) is 8.60. The van der Waals surface area contributed by atoms with Crippen molar-refractivity contribution >= 4 is 5.91 Å². The molecule has 2 heterocycles. The topological polar surface area (TPSA) is 36.4 Å². The lowest BCUT2D eigenvalue weighted by molar-refractivity contribution is 0.0635. The lowest BCUT2D eigenvalue weighted by Crippen LogP contribution is -2.48. The Morgan fingerprint density at radius 1 is 0.917 bits per heavy atom. The van der Waals surface area contributed by atoms with E-state index in [2.05, 4.69) is 40.2 Å². The van der Waals surface area contributed by atoms with Crippen LogP contribution in [0.4, 0.5) is 0 Å². The summed E-state index contributed by atoms with van der Waals surface area (Å²) in [5.41, 5.74) is 2.16. The third kappa shape index (κ3) is 4.65. The quantitative estimate of drug-likeness (QED) is 0.767. The maximum absolute atomic E-state index is 12.4. The van der Waals surface area contributed by atoms with Gasteiger partial charge in [-0.2, -0.15) is 0 Å². The molecule has 0 radical (unpaired) electrons. The summed E-state index contributed by atoms with van der Waals surface area (Å²) < 4.78 is 0. The first kappa shape index (κ1) is 16.7. The van der Waals surface area contributed by atoms with E-state index in [9.17, 15) is 4.79 Å². The number of benzene rings is 1. The van der Waals surface area contributed by atoms with Gasteiger partial charge in [-0.3, -0.25) is 14.7 Å². The van der Waals surface area contributed by atoms with Gasteiger partial charge in [0.25, 0.3) is 5.91 Å². The minimum Gasteiger partial charge on any atom is -0.336 e. The highest BCUT2D eigenvalue weighted by atomic mass is 16.2. The first-order valence-corrected chi connectivity index (χ1v) is 8.78. The monoisotopic (exact) mass is 323 g/mol. The molecule has 0 N–H and O–H groups in total. The van der Waals surface area contributed by atoms with Gasteiger partial charge in [0.15, 0.2) is 0 Å². The van der Waals surface area contributed by atoms with Crippen LogP contribution < -0.4 is 0 Å². The van der Waals surface area contributed by atoms with Gasteiger partial charge in [0, 0.05) is 44.1 Å². The molecular weight excluding hydrogens is 298 g/mol. The van der Waals surface area contributed by atoms with E-state index in [0.29, 0.717) is 0 Å². The van der Waals surface area contributed by atoms with Crippen molar-refractivity contribution in [1.82, 2.24) is 14.8 Å². The van der Waals surface area contributed by atoms with Crippen LogP contribution in [0.1, 0.15) is 28.8 Å². The Labute approximate surface area is 144 Å². The molecule has 1 amide bonds. The van der Waals surface area contributed by atoms with Gasteiger partial charge in [0.05, 0.1) is 0 Å². The van der Waals surface area contributed by atoms with Crippen LogP contribution in [0.3, 0.4) is 0 Å². The lowest BCUT2D eigenvalue weighted by atomic mass is 10.1. The number of carbonyl (C=O) groups is 1. The van der Waals surface area contributed by atoms with E-state index < -0.39 is 0 Å². The molecule has 1 aliphatic rings. The van der Waals surface area contributed by atoms with Gasteiger partial charge in [-0.1, -0.05) is 30.3 Å². The Bertz CT molecular complexity index is 622. The van der Waals surface area contributed by atoms with Gasteiger partial charge < -0.3 is 4.90 Å². The standard InChI is InChI=1S/C20H25N3O/c24-20(19-9-11-21-12-10-19)23-16-14-22(15-17-23)13-5-4-8-18-6-2-1-3-7-18/h1-3,6-7,9-12H,4-5,8,13-17H2. The molecule has 4 heteroatoms. The van der Waals surface area contributed by atoms with Crippen LogP contribution in [0.2, 0.25) is 0 Å². The van der Waals surface area contributed by atoms with Gasteiger partial charge >= 0.3 is 0 Å². The Hall–Kier alpha value is -2.20. The Kier molecular flexibility index (Phi) is 5.96. The number of aryl methyl sites for hydroxylation is 1. The number of unbranched alkanes of at least 4 members (excludes halogenated alkanes) is 1. The van der Waals surface area contributed by atoms with E-state index in [1.165, 1.54) is 18.4 Å². The van der Waals surface area contributed by atoms with Crippen molar-refractivity contribution in [1.29, 1.82) is 0 Å². The van der Waals surface area contributed by atoms with Crippen molar-refractivity contribution in [2.75, 3.05) is 32.7 Å². The van der Waals surface area contributed by atoms with Crippen LogP contribution >= 0.6 is 0 Å². The summed E-state index contributed by atoms with van der Waals surface area (Å²) in [5.74, 6) is 0.126. The summed E-state index contributed by atoms with van der Waals surface area (Å²) in [7, 11) is 0. The van der Waals surface area contributed by atoms with E-state index in [4.69, 9.17) is 0 Å². The molecule has 126 valence electrons. The molecule has 1 aliphatic heterocycles. The molecule has 1 fully saturated rings. The summed E-state index contributed by atoms with van der Waals surface area (Å²) in [6.45, 7) is 4.72. The Morgan fingerprint density at radius 3 is 2.33 bits per heavy atom. The molecule has 0 atom stereocenters. The molecule has 0 saturated carbocycles. The number of nitrogens with zero attached hydrogens (tertiary/aromatic N) is 3. The maximum Gasteiger partial charge on any atom is 0.254 e. The lowest BCUT2D eigenvalue weighted by Gasteiger charge is -2.34. The number of pyridine rings is 1. The molecule has 3 rings (SSSR count). The van der Waals surface area contributed by atoms with Gasteiger partial charge in [-0.15, -0.1) is 0 Å². The number of aromatic nitrogens is 1. The fraction of sp³-hybridized carbons (Fsp3) is 0.400. The van der Waals surface area contributed by atoms with Gasteiger partial charge in [-0.05, 0) is 43.5 Å². The Balaban J connectivity index is 1.36. The zero-order valence-corrected chi connectivity index (χ0v) is 14.1. The molecule has 0 unspecified atom stereocenters. The molecule has 1 aromatic heterocycles. The summed E-state index contributed by atoms with van der Waals surface area (Å²) in [6, 6.07) is 14.3. The normalized spacial score (nSPS) is 15.4. The first-order valence-electron chi connectivity index (χ1n) is 8.78. The van der Waals surface area contributed by atoms with Crippen LogP contribution in [-0.2, 0) is 6.42 Å². The second-order valence-electron chi connectivity index (χ2n) is 6.31. The maximum atomic E-state index is 12.4. The third-order valence-corrected chi connectivity index (χ3v) is 4.62. The zero-order valence-electron chi connectivity index (χ0n) is 14.1. The Morgan fingerprint density at radius 2 is 1.62 bits per heavy atom. The molecule has 1 saturated heterocycles. The summed E-state index contributed by atoms with van der Waals surface area (Å²) in [4.78, 5) is 20.8. The van der Waals surface area contributed by atoms with Crippen molar-refractivity contribution in [3.8, 4) is 0 Å². The first-order chi connectivity index (χ1) is 11.8. The van der Waals surface area contributed by atoms with Crippen molar-refractivity contribution in [2.24, 2.45) is 0 Å². The van der Waals surface area contributed by atoms with Crippen molar-refractivity contribution in [3.05, 3.63) is 66.0 Å². The molecule has 0 aliphatic carbocycles. The SMILES string of the molecule is O=C(c1ccncc1)N1CCN(CCCCc2ccccc2)CC1. The van der Waals surface area contributed by atoms with Crippen LogP contribution in [0.25, 0.3) is 0 Å². The number of amides is 1. The number of piperazine rings is 1. The van der Waals surface area contributed by atoms with Crippen molar-refractivity contribution in [2.45, 2.75) is 19.3 Å². The van der Waals surface area contributed by atoms with E-state index in [-0.39, 0.29) is 5.91 Å². The van der Waals surface area contributed by atoms with Crippen LogP contribution in [-0.4, -0.2) is 53.4 Å². The molecule has 4 nitrogen and oxygen atoms in total. The fourth-order valence-corrected chi connectivity index (χ4v) is 3.16. The average molecular weight is 323 g/mol. The summed E-state index contributed by atoms with van der Waals surface area (Å²) in [6.07, 6.45) is 6.95. The molecule has 1 aromatic carbocycles. The number of hydrogen-bond donors (Lipinski definition) is 0. The number of carbonyl (C=O) groups excluding carboxylic acids is 1. The van der Waals surface area contributed by atoms with Crippen LogP contribution in [0.15, 0.2) is 54.9 Å². The molecule has 0 spiro atoms. The highest BCUT2D eigenvalue weighted by Crippen LogP contribution is 2.10. The largest absolute Gasteiger partial charge is 0.336 e. The van der Waals surface area contributed by atoms with Crippen molar-refractivity contribution < 1.29 is 4.79 Å². The average Bonchev–Trinajstić information content (AvgIpc) is 2.67. The second-order valence-corrected chi connectivity index (χ2v) is 6.31. The fourth-order valence-electron chi connectivity index (χ4n) is 3.16. The van der Waals surface area contributed by atoms with Gasteiger partial charge in [0.2, 0.25) is 0 Å². The minimum absolute atomic E-state index is 0.126. The van der Waals surface area contributed by atoms with E-state index >= 15 is 0 Å². The molecular formula is C20H25N3O. The minimum atomic E-state index is 0.126. The number of rotatable bonds is 6.